The van der Waals surface area contributed by atoms with Gasteiger partial charge in [0.1, 0.15) is 0 Å². The van der Waals surface area contributed by atoms with E-state index < -0.39 is 0 Å². The highest BCUT2D eigenvalue weighted by Crippen LogP contribution is 2.37. The number of aromatic nitrogens is 2. The van der Waals surface area contributed by atoms with Crippen LogP contribution in [0.25, 0.3) is 0 Å². The molecule has 0 bridgehead atoms. The van der Waals surface area contributed by atoms with Crippen molar-refractivity contribution in [2.24, 2.45) is 18.8 Å². The van der Waals surface area contributed by atoms with Gasteiger partial charge >= 0.3 is 0 Å². The van der Waals surface area contributed by atoms with E-state index in [2.05, 4.69) is 17.4 Å². The van der Waals surface area contributed by atoms with Gasteiger partial charge in [-0.2, -0.15) is 5.10 Å². The fraction of sp³-hybridized carbons (Fsp3) is 0.750. The van der Waals surface area contributed by atoms with Crippen LogP contribution in [0.4, 0.5) is 0 Å². The van der Waals surface area contributed by atoms with E-state index in [1.807, 2.05) is 11.7 Å². The number of hydrazine groups is 1. The van der Waals surface area contributed by atoms with Gasteiger partial charge in [-0.25, -0.2) is 0 Å². The number of hydrogen-bond donors (Lipinski definition) is 2. The number of aryl methyl sites for hydroxylation is 1. The first-order valence-corrected chi connectivity index (χ1v) is 6.36. The number of nitrogens with zero attached hydrogens (tertiary/aromatic N) is 2. The lowest BCUT2D eigenvalue weighted by molar-refractivity contribution is 0.0762. The Bertz CT molecular complexity index is 393. The van der Waals surface area contributed by atoms with Crippen molar-refractivity contribution in [1.29, 1.82) is 0 Å². The van der Waals surface area contributed by atoms with E-state index in [1.54, 1.807) is 13.3 Å². The molecule has 102 valence electrons. The van der Waals surface area contributed by atoms with Crippen molar-refractivity contribution in [2.45, 2.75) is 31.9 Å². The predicted octanol–water partition coefficient (Wildman–Crippen LogP) is 0.748. The maximum atomic E-state index is 5.75. The molecule has 1 aliphatic rings. The fourth-order valence-electron chi connectivity index (χ4n) is 2.81. The second-order valence-electron chi connectivity index (χ2n) is 4.64. The van der Waals surface area contributed by atoms with Gasteiger partial charge in [0, 0.05) is 19.6 Å². The first-order chi connectivity index (χ1) is 8.72. The number of methoxy groups -OCH3 is 1. The molecule has 1 aliphatic heterocycles. The SMILES string of the molecule is CCC1OCCC1C(NN)c1c(OC)cnn1C. The average Bonchev–Trinajstić information content (AvgIpc) is 2.98. The molecule has 6 nitrogen and oxygen atoms in total. The quantitative estimate of drug-likeness (QED) is 0.599. The lowest BCUT2D eigenvalue weighted by atomic mass is 9.89. The van der Waals surface area contributed by atoms with E-state index in [9.17, 15) is 0 Å². The normalized spacial score (nSPS) is 25.3. The largest absolute Gasteiger partial charge is 0.493 e. The molecule has 2 rings (SSSR count). The molecule has 1 saturated heterocycles. The lowest BCUT2D eigenvalue weighted by Gasteiger charge is -2.27. The summed E-state index contributed by atoms with van der Waals surface area (Å²) in [6.07, 6.45) is 3.95. The third-order valence-electron chi connectivity index (χ3n) is 3.73. The lowest BCUT2D eigenvalue weighted by Crippen LogP contribution is -2.38. The van der Waals surface area contributed by atoms with Gasteiger partial charge in [-0.1, -0.05) is 6.92 Å². The Hall–Kier alpha value is -1.11. The minimum absolute atomic E-state index is 0.0000926. The van der Waals surface area contributed by atoms with Crippen molar-refractivity contribution in [3.8, 4) is 5.75 Å². The number of ether oxygens (including phenoxy) is 2. The predicted molar refractivity (Wildman–Crippen MR) is 68.0 cm³/mol. The summed E-state index contributed by atoms with van der Waals surface area (Å²) in [5.74, 6) is 6.87. The van der Waals surface area contributed by atoms with Crippen molar-refractivity contribution in [3.63, 3.8) is 0 Å². The fourth-order valence-corrected chi connectivity index (χ4v) is 2.81. The smallest absolute Gasteiger partial charge is 0.161 e. The molecule has 1 aromatic rings. The van der Waals surface area contributed by atoms with Gasteiger partial charge in [-0.05, 0) is 12.8 Å². The van der Waals surface area contributed by atoms with E-state index in [1.165, 1.54) is 0 Å². The second kappa shape index (κ2) is 5.69. The standard InChI is InChI=1S/C12H22N4O2/c1-4-9-8(5-6-18-9)11(15-13)12-10(17-3)7-14-16(12)2/h7-9,11,15H,4-6,13H2,1-3H3. The highest BCUT2D eigenvalue weighted by atomic mass is 16.5. The summed E-state index contributed by atoms with van der Waals surface area (Å²) >= 11 is 0. The topological polar surface area (TPSA) is 74.3 Å². The number of hydrogen-bond acceptors (Lipinski definition) is 5. The maximum Gasteiger partial charge on any atom is 0.161 e. The first kappa shape index (κ1) is 13.3. The van der Waals surface area contributed by atoms with Crippen LogP contribution in [0.1, 0.15) is 31.5 Å². The number of nitrogens with two attached hydrogens (primary N) is 1. The molecule has 3 N–H and O–H groups in total. The summed E-state index contributed by atoms with van der Waals surface area (Å²) in [5.41, 5.74) is 3.89. The van der Waals surface area contributed by atoms with Crippen molar-refractivity contribution in [1.82, 2.24) is 15.2 Å². The Morgan fingerprint density at radius 1 is 1.72 bits per heavy atom. The van der Waals surface area contributed by atoms with Crippen LogP contribution in [-0.2, 0) is 11.8 Å². The summed E-state index contributed by atoms with van der Waals surface area (Å²) in [6.45, 7) is 2.93. The highest BCUT2D eigenvalue weighted by molar-refractivity contribution is 5.29. The van der Waals surface area contributed by atoms with Crippen LogP contribution in [0.5, 0.6) is 5.75 Å². The zero-order chi connectivity index (χ0) is 13.1. The Labute approximate surface area is 107 Å². The first-order valence-electron chi connectivity index (χ1n) is 6.36. The molecular formula is C12H22N4O2. The molecule has 0 radical (unpaired) electrons. The van der Waals surface area contributed by atoms with Crippen molar-refractivity contribution in [3.05, 3.63) is 11.9 Å². The molecule has 0 spiro atoms. The third kappa shape index (κ3) is 2.23. The molecule has 2 heterocycles. The molecule has 0 amide bonds. The van der Waals surface area contributed by atoms with Gasteiger partial charge in [0.2, 0.25) is 0 Å². The molecule has 18 heavy (non-hydrogen) atoms. The van der Waals surface area contributed by atoms with Crippen LogP contribution in [0.15, 0.2) is 6.20 Å². The molecule has 6 heteroatoms. The Morgan fingerprint density at radius 2 is 2.50 bits per heavy atom. The van der Waals surface area contributed by atoms with E-state index in [0.717, 1.165) is 30.9 Å². The van der Waals surface area contributed by atoms with Crippen molar-refractivity contribution >= 4 is 0 Å². The summed E-state index contributed by atoms with van der Waals surface area (Å²) in [6, 6.07) is -0.0000926. The van der Waals surface area contributed by atoms with Crippen molar-refractivity contribution in [2.75, 3.05) is 13.7 Å². The van der Waals surface area contributed by atoms with Gasteiger partial charge in [-0.3, -0.25) is 16.0 Å². The number of nitrogens with one attached hydrogen (secondary N) is 1. The molecular weight excluding hydrogens is 232 g/mol. The van der Waals surface area contributed by atoms with E-state index in [-0.39, 0.29) is 12.1 Å². The van der Waals surface area contributed by atoms with Gasteiger partial charge in [0.25, 0.3) is 0 Å². The molecule has 0 saturated carbocycles. The number of rotatable bonds is 5. The highest BCUT2D eigenvalue weighted by Gasteiger charge is 2.36. The van der Waals surface area contributed by atoms with Crippen LogP contribution in [-0.4, -0.2) is 29.6 Å². The minimum Gasteiger partial charge on any atom is -0.493 e. The molecule has 3 atom stereocenters. The van der Waals surface area contributed by atoms with Crippen LogP contribution in [0, 0.1) is 5.92 Å². The zero-order valence-electron chi connectivity index (χ0n) is 11.2. The molecule has 1 aromatic heterocycles. The van der Waals surface area contributed by atoms with Gasteiger partial charge in [-0.15, -0.1) is 0 Å². The Kier molecular flexibility index (Phi) is 4.21. The van der Waals surface area contributed by atoms with Crippen LogP contribution >= 0.6 is 0 Å². The van der Waals surface area contributed by atoms with E-state index in [4.69, 9.17) is 15.3 Å². The minimum atomic E-state index is -0.0000926. The molecule has 0 aliphatic carbocycles. The van der Waals surface area contributed by atoms with Gasteiger partial charge in [0.15, 0.2) is 5.75 Å². The monoisotopic (exact) mass is 254 g/mol. The summed E-state index contributed by atoms with van der Waals surface area (Å²) in [4.78, 5) is 0. The van der Waals surface area contributed by atoms with E-state index >= 15 is 0 Å². The zero-order valence-corrected chi connectivity index (χ0v) is 11.2. The van der Waals surface area contributed by atoms with Gasteiger partial charge < -0.3 is 9.47 Å². The molecule has 0 aromatic carbocycles. The third-order valence-corrected chi connectivity index (χ3v) is 3.73. The van der Waals surface area contributed by atoms with Crippen LogP contribution < -0.4 is 16.0 Å². The Morgan fingerprint density at radius 3 is 3.11 bits per heavy atom. The van der Waals surface area contributed by atoms with Crippen LogP contribution in [0.2, 0.25) is 0 Å². The summed E-state index contributed by atoms with van der Waals surface area (Å²) in [7, 11) is 3.55. The maximum absolute atomic E-state index is 5.75. The van der Waals surface area contributed by atoms with Gasteiger partial charge in [0.05, 0.1) is 31.1 Å². The summed E-state index contributed by atoms with van der Waals surface area (Å²) < 4.78 is 12.9. The average molecular weight is 254 g/mol. The van der Waals surface area contributed by atoms with E-state index in [0.29, 0.717) is 5.92 Å². The van der Waals surface area contributed by atoms with Crippen LogP contribution in [0.3, 0.4) is 0 Å². The Balaban J connectivity index is 2.29. The van der Waals surface area contributed by atoms with Crippen molar-refractivity contribution < 1.29 is 9.47 Å². The molecule has 3 unspecified atom stereocenters. The summed E-state index contributed by atoms with van der Waals surface area (Å²) in [5, 5.41) is 4.23. The molecule has 1 fully saturated rings. The second-order valence-corrected chi connectivity index (χ2v) is 4.64.